The Bertz CT molecular complexity index is 442. The van der Waals surface area contributed by atoms with Crippen molar-refractivity contribution in [2.45, 2.75) is 25.4 Å². The van der Waals surface area contributed by atoms with Gasteiger partial charge in [0.1, 0.15) is 13.2 Å². The molecule has 0 heterocycles. The maximum Gasteiger partial charge on any atom is 0.329 e. The van der Waals surface area contributed by atoms with E-state index >= 15 is 0 Å². The van der Waals surface area contributed by atoms with E-state index in [4.69, 9.17) is 9.84 Å². The van der Waals surface area contributed by atoms with Crippen molar-refractivity contribution in [2.24, 2.45) is 0 Å². The Morgan fingerprint density at radius 2 is 1.89 bits per heavy atom. The van der Waals surface area contributed by atoms with Gasteiger partial charge in [0.2, 0.25) is 5.91 Å². The summed E-state index contributed by atoms with van der Waals surface area (Å²) in [6.07, 6.45) is 2.02. The number of carbonyl (C=O) groups is 2. The number of aliphatic carboxylic acids is 1. The molecular formula is C14H17NO4. The van der Waals surface area contributed by atoms with Crippen molar-refractivity contribution in [1.82, 2.24) is 4.90 Å². The minimum Gasteiger partial charge on any atom is -0.480 e. The van der Waals surface area contributed by atoms with Crippen molar-refractivity contribution < 1.29 is 19.4 Å². The number of carbonyl (C=O) groups excluding carboxylic acids is 1. The summed E-state index contributed by atoms with van der Waals surface area (Å²) in [5.74, 6) is -1.21. The van der Waals surface area contributed by atoms with Crippen LogP contribution in [0.3, 0.4) is 0 Å². The highest BCUT2D eigenvalue weighted by molar-refractivity contribution is 5.78. The van der Waals surface area contributed by atoms with E-state index in [1.807, 2.05) is 30.3 Å². The molecule has 1 aromatic rings. The summed E-state index contributed by atoms with van der Waals surface area (Å²) in [5.41, 5.74) is 1.07. The number of ether oxygens (including phenoxy) is 1. The monoisotopic (exact) mass is 263 g/mol. The lowest BCUT2D eigenvalue weighted by Crippen LogP contribution is -2.35. The van der Waals surface area contributed by atoms with E-state index in [-0.39, 0.29) is 18.6 Å². The van der Waals surface area contributed by atoms with Gasteiger partial charge >= 0.3 is 5.97 Å². The fourth-order valence-corrected chi connectivity index (χ4v) is 1.90. The quantitative estimate of drug-likeness (QED) is 0.804. The molecule has 2 rings (SSSR count). The molecule has 1 fully saturated rings. The maximum absolute atomic E-state index is 12.0. The smallest absolute Gasteiger partial charge is 0.329 e. The van der Waals surface area contributed by atoms with Gasteiger partial charge in [-0.15, -0.1) is 0 Å². The molecule has 0 aromatic heterocycles. The predicted molar refractivity (Wildman–Crippen MR) is 68.5 cm³/mol. The van der Waals surface area contributed by atoms with Crippen LogP contribution in [0.5, 0.6) is 0 Å². The Balaban J connectivity index is 1.89. The Kier molecular flexibility index (Phi) is 4.52. The Labute approximate surface area is 111 Å². The molecular weight excluding hydrogens is 246 g/mol. The van der Waals surface area contributed by atoms with Gasteiger partial charge in [-0.1, -0.05) is 30.3 Å². The van der Waals surface area contributed by atoms with Crippen LogP contribution in [0, 0.1) is 0 Å². The zero-order chi connectivity index (χ0) is 13.7. The zero-order valence-corrected chi connectivity index (χ0v) is 10.6. The highest BCUT2D eigenvalue weighted by Gasteiger charge is 2.32. The lowest BCUT2D eigenvalue weighted by molar-refractivity contribution is -0.146. The van der Waals surface area contributed by atoms with Crippen molar-refractivity contribution in [3.63, 3.8) is 0 Å². The summed E-state index contributed by atoms with van der Waals surface area (Å²) in [7, 11) is 0. The molecule has 1 aromatic carbocycles. The van der Waals surface area contributed by atoms with Gasteiger partial charge in [-0.2, -0.15) is 0 Å². The highest BCUT2D eigenvalue weighted by Crippen LogP contribution is 2.28. The van der Waals surface area contributed by atoms with Crippen LogP contribution in [0.25, 0.3) is 0 Å². The van der Waals surface area contributed by atoms with Crippen LogP contribution in [0.2, 0.25) is 0 Å². The largest absolute Gasteiger partial charge is 0.480 e. The number of rotatable bonds is 7. The molecule has 0 spiro atoms. The average Bonchev–Trinajstić information content (AvgIpc) is 3.21. The van der Waals surface area contributed by atoms with Gasteiger partial charge in [-0.05, 0) is 18.4 Å². The van der Waals surface area contributed by atoms with Gasteiger partial charge in [0.25, 0.3) is 0 Å². The number of benzene rings is 1. The fourth-order valence-electron chi connectivity index (χ4n) is 1.90. The third-order valence-corrected chi connectivity index (χ3v) is 2.95. The van der Waals surface area contributed by atoms with Gasteiger partial charge in [-0.3, -0.25) is 4.79 Å². The first-order valence-electron chi connectivity index (χ1n) is 6.30. The summed E-state index contributed by atoms with van der Waals surface area (Å²) < 4.78 is 4.86. The van der Waals surface area contributed by atoms with E-state index in [1.165, 1.54) is 0 Å². The van der Waals surface area contributed by atoms with E-state index in [0.717, 1.165) is 18.4 Å². The van der Waals surface area contributed by atoms with E-state index < -0.39 is 12.6 Å². The first-order valence-corrected chi connectivity index (χ1v) is 6.30. The van der Waals surface area contributed by atoms with Gasteiger partial charge in [0.15, 0.2) is 0 Å². The lowest BCUT2D eigenvalue weighted by Gasteiger charge is -2.22. The SMILES string of the molecule is O=C(O)COCC(=O)N(Cc1ccccc1)C1CC1. The van der Waals surface area contributed by atoms with Crippen LogP contribution in [-0.4, -0.2) is 41.1 Å². The van der Waals surface area contributed by atoms with Crippen LogP contribution in [-0.2, 0) is 20.9 Å². The van der Waals surface area contributed by atoms with Crippen LogP contribution >= 0.6 is 0 Å². The van der Waals surface area contributed by atoms with Gasteiger partial charge in [0, 0.05) is 12.6 Å². The summed E-state index contributed by atoms with van der Waals surface area (Å²) >= 11 is 0. The molecule has 0 radical (unpaired) electrons. The Morgan fingerprint density at radius 1 is 1.21 bits per heavy atom. The van der Waals surface area contributed by atoms with E-state index in [2.05, 4.69) is 0 Å². The summed E-state index contributed by atoms with van der Waals surface area (Å²) in [6, 6.07) is 10.0. The molecule has 1 N–H and O–H groups in total. The number of carboxylic acids is 1. The number of hydrogen-bond donors (Lipinski definition) is 1. The fraction of sp³-hybridized carbons (Fsp3) is 0.429. The second kappa shape index (κ2) is 6.33. The van der Waals surface area contributed by atoms with E-state index in [0.29, 0.717) is 6.54 Å². The van der Waals surface area contributed by atoms with Gasteiger partial charge in [-0.25, -0.2) is 4.79 Å². The normalized spacial score (nSPS) is 14.1. The van der Waals surface area contributed by atoms with Crippen molar-refractivity contribution in [3.05, 3.63) is 35.9 Å². The maximum atomic E-state index is 12.0. The first kappa shape index (κ1) is 13.5. The van der Waals surface area contributed by atoms with E-state index in [9.17, 15) is 9.59 Å². The van der Waals surface area contributed by atoms with Crippen LogP contribution in [0.4, 0.5) is 0 Å². The molecule has 19 heavy (non-hydrogen) atoms. The topological polar surface area (TPSA) is 66.8 Å². The molecule has 0 aliphatic heterocycles. The second-order valence-corrected chi connectivity index (χ2v) is 4.62. The third kappa shape index (κ3) is 4.37. The molecule has 0 bridgehead atoms. The lowest BCUT2D eigenvalue weighted by atomic mass is 10.2. The molecule has 1 amide bonds. The zero-order valence-electron chi connectivity index (χ0n) is 10.6. The number of amides is 1. The van der Waals surface area contributed by atoms with Crippen LogP contribution in [0.1, 0.15) is 18.4 Å². The minimum absolute atomic E-state index is 0.146. The first-order chi connectivity index (χ1) is 9.16. The average molecular weight is 263 g/mol. The number of nitrogens with zero attached hydrogens (tertiary/aromatic N) is 1. The molecule has 102 valence electrons. The highest BCUT2D eigenvalue weighted by atomic mass is 16.5. The van der Waals surface area contributed by atoms with E-state index in [1.54, 1.807) is 4.90 Å². The Morgan fingerprint density at radius 3 is 2.47 bits per heavy atom. The molecule has 0 atom stereocenters. The van der Waals surface area contributed by atoms with Crippen LogP contribution < -0.4 is 0 Å². The van der Waals surface area contributed by atoms with Crippen molar-refractivity contribution in [2.75, 3.05) is 13.2 Å². The predicted octanol–water partition coefficient (Wildman–Crippen LogP) is 1.28. The molecule has 1 aliphatic rings. The third-order valence-electron chi connectivity index (χ3n) is 2.95. The van der Waals surface area contributed by atoms with Crippen molar-refractivity contribution in [3.8, 4) is 0 Å². The second-order valence-electron chi connectivity index (χ2n) is 4.62. The number of hydrogen-bond acceptors (Lipinski definition) is 3. The van der Waals surface area contributed by atoms with Crippen molar-refractivity contribution >= 4 is 11.9 Å². The molecule has 1 saturated carbocycles. The summed E-state index contributed by atoms with van der Waals surface area (Å²) in [6.45, 7) is -0.0496. The standard InChI is InChI=1S/C14H17NO4/c16-13(9-19-10-14(17)18)15(12-6-7-12)8-11-4-2-1-3-5-11/h1-5,12H,6-10H2,(H,17,18). The molecule has 0 unspecified atom stereocenters. The minimum atomic E-state index is -1.06. The van der Waals surface area contributed by atoms with Crippen molar-refractivity contribution in [1.29, 1.82) is 0 Å². The molecule has 0 saturated heterocycles. The Hall–Kier alpha value is -1.88. The van der Waals surface area contributed by atoms with Gasteiger partial charge < -0.3 is 14.7 Å². The van der Waals surface area contributed by atoms with Gasteiger partial charge in [0.05, 0.1) is 0 Å². The molecule has 1 aliphatic carbocycles. The summed E-state index contributed by atoms with van der Waals surface area (Å²) in [5, 5.41) is 8.47. The molecule has 5 nitrogen and oxygen atoms in total. The molecule has 5 heteroatoms. The summed E-state index contributed by atoms with van der Waals surface area (Å²) in [4.78, 5) is 24.1. The number of carboxylic acid groups (broad SMARTS) is 1. The van der Waals surface area contributed by atoms with Crippen LogP contribution in [0.15, 0.2) is 30.3 Å².